The van der Waals surface area contributed by atoms with Crippen LogP contribution in [-0.4, -0.2) is 117 Å². The number of carbonyl (C=O) groups excluding carboxylic acids is 6. The highest BCUT2D eigenvalue weighted by Crippen LogP contribution is 2.12. The Morgan fingerprint density at radius 2 is 1.13 bits per heavy atom. The molecule has 340 valence electrons. The molecule has 0 radical (unpaired) electrons. The van der Waals surface area contributed by atoms with Crippen molar-refractivity contribution in [2.24, 2.45) is 5.73 Å². The van der Waals surface area contributed by atoms with Crippen LogP contribution in [0, 0.1) is 10.1 Å². The number of hydrogen-bond donors (Lipinski definition) is 11. The summed E-state index contributed by atoms with van der Waals surface area (Å²) in [6.07, 6.45) is -0.738. The van der Waals surface area contributed by atoms with Gasteiger partial charge in [-0.3, -0.25) is 28.8 Å². The lowest BCUT2D eigenvalue weighted by molar-refractivity contribution is -0.548. The normalized spacial score (nSPS) is 14.2. The largest absolute Gasteiger partial charge is 0.508 e. The standard InChI is InChI=1S/C42H55N9O12/c1-25(45-41(59)36(26(2)52)49-35(54)24-44-38(56)34(50-51(62)63)23-29-16-18-30(53)19-17-29)37(55)47-32(21-27-11-5-3-6-12-27)40(58)48-33(22-28-13-7-4-8-14-28)39(57)46-31(42(60)61)15-9-10-20-43/h3-8,11-14,16-19,25-26,31-34,36,50,52-53H,9-10,15,20-24,43H2,1-2H3,(H,44,56)(H,45,59)(H,46,57)(H,47,55)(H,48,58)(H,49,54)(H,60,61)/t25-,26+,31-,32-,33-,34-,36-/m0/s1. The number of carbonyl (C=O) groups is 7. The molecule has 0 saturated heterocycles. The van der Waals surface area contributed by atoms with Gasteiger partial charge in [0.15, 0.2) is 11.1 Å². The number of nitrogens with one attached hydrogen (secondary N) is 7. The van der Waals surface area contributed by atoms with Gasteiger partial charge in [0, 0.05) is 19.3 Å². The van der Waals surface area contributed by atoms with Gasteiger partial charge in [-0.2, -0.15) is 0 Å². The fourth-order valence-electron chi connectivity index (χ4n) is 6.19. The number of carboxylic acids is 1. The summed E-state index contributed by atoms with van der Waals surface area (Å²) in [7, 11) is 0. The molecule has 6 amide bonds. The highest BCUT2D eigenvalue weighted by atomic mass is 16.7. The highest BCUT2D eigenvalue weighted by Gasteiger charge is 2.33. The number of aromatic hydroxyl groups is 1. The van der Waals surface area contributed by atoms with Gasteiger partial charge < -0.3 is 53.0 Å². The molecule has 0 heterocycles. The van der Waals surface area contributed by atoms with E-state index < -0.39 is 95.3 Å². The lowest BCUT2D eigenvalue weighted by atomic mass is 10.0. The molecule has 12 N–H and O–H groups in total. The van der Waals surface area contributed by atoms with Crippen molar-refractivity contribution in [1.29, 1.82) is 0 Å². The van der Waals surface area contributed by atoms with Gasteiger partial charge in [-0.15, -0.1) is 5.43 Å². The lowest BCUT2D eigenvalue weighted by Crippen LogP contribution is -2.60. The summed E-state index contributed by atoms with van der Waals surface area (Å²) in [6.45, 7) is 2.04. The maximum absolute atomic E-state index is 14.0. The molecule has 0 aliphatic rings. The number of aliphatic hydroxyl groups excluding tert-OH is 1. The van der Waals surface area contributed by atoms with E-state index in [0.717, 1.165) is 0 Å². The summed E-state index contributed by atoms with van der Waals surface area (Å²) in [5.74, 6) is -6.69. The van der Waals surface area contributed by atoms with Crippen molar-refractivity contribution >= 4 is 41.4 Å². The number of aliphatic hydroxyl groups is 1. The zero-order chi connectivity index (χ0) is 46.5. The van der Waals surface area contributed by atoms with E-state index >= 15 is 0 Å². The number of hydrazine groups is 1. The van der Waals surface area contributed by atoms with Crippen LogP contribution in [0.5, 0.6) is 5.75 Å². The Morgan fingerprint density at radius 3 is 1.62 bits per heavy atom. The van der Waals surface area contributed by atoms with Crippen molar-refractivity contribution in [3.8, 4) is 5.75 Å². The number of benzene rings is 3. The van der Waals surface area contributed by atoms with E-state index in [4.69, 9.17) is 5.73 Å². The van der Waals surface area contributed by atoms with Crippen LogP contribution in [0.3, 0.4) is 0 Å². The Labute approximate surface area is 363 Å². The van der Waals surface area contributed by atoms with Gasteiger partial charge in [-0.25, -0.2) is 14.9 Å². The van der Waals surface area contributed by atoms with E-state index in [0.29, 0.717) is 36.1 Å². The predicted octanol–water partition coefficient (Wildman–Crippen LogP) is -1.28. The number of unbranched alkanes of at least 4 members (excludes halogenated alkanes) is 1. The second-order valence-corrected chi connectivity index (χ2v) is 14.7. The van der Waals surface area contributed by atoms with Gasteiger partial charge in [-0.05, 0) is 68.5 Å². The minimum atomic E-state index is -1.65. The Hall–Kier alpha value is -7.13. The zero-order valence-electron chi connectivity index (χ0n) is 34.8. The van der Waals surface area contributed by atoms with Crippen LogP contribution in [0.2, 0.25) is 0 Å². The zero-order valence-corrected chi connectivity index (χ0v) is 34.8. The molecule has 7 atom stereocenters. The summed E-state index contributed by atoms with van der Waals surface area (Å²) in [5.41, 5.74) is 9.14. The number of carboxylic acid groups (broad SMARTS) is 1. The van der Waals surface area contributed by atoms with E-state index in [9.17, 15) is 59.0 Å². The number of phenols is 1. The van der Waals surface area contributed by atoms with Crippen LogP contribution < -0.4 is 43.1 Å². The molecule has 0 unspecified atom stereocenters. The van der Waals surface area contributed by atoms with Crippen LogP contribution in [0.15, 0.2) is 84.9 Å². The summed E-state index contributed by atoms with van der Waals surface area (Å²) < 4.78 is 0. The maximum atomic E-state index is 14.0. The molecular formula is C42H55N9O12. The lowest BCUT2D eigenvalue weighted by Gasteiger charge is -2.26. The van der Waals surface area contributed by atoms with Gasteiger partial charge in [0.25, 0.3) is 0 Å². The molecule has 0 aliphatic heterocycles. The van der Waals surface area contributed by atoms with Gasteiger partial charge in [0.2, 0.25) is 35.4 Å². The minimum Gasteiger partial charge on any atom is -0.508 e. The molecule has 3 aromatic carbocycles. The smallest absolute Gasteiger partial charge is 0.326 e. The average Bonchev–Trinajstić information content (AvgIpc) is 3.24. The molecule has 3 rings (SSSR count). The van der Waals surface area contributed by atoms with Crippen LogP contribution in [0.25, 0.3) is 0 Å². The quantitative estimate of drug-likeness (QED) is 0.0255. The number of nitrogens with two attached hydrogens (primary N) is 1. The summed E-state index contributed by atoms with van der Waals surface area (Å²) in [4.78, 5) is 103. The van der Waals surface area contributed by atoms with Crippen molar-refractivity contribution in [1.82, 2.24) is 37.3 Å². The Bertz CT molecular complexity index is 2010. The topological polar surface area (TPSA) is 334 Å². The monoisotopic (exact) mass is 877 g/mol. The number of phenolic OH excluding ortho intramolecular Hbond substituents is 1. The number of hydrogen-bond acceptors (Lipinski definition) is 12. The molecule has 0 spiro atoms. The van der Waals surface area contributed by atoms with E-state index in [1.165, 1.54) is 38.1 Å². The third-order valence-corrected chi connectivity index (χ3v) is 9.60. The summed E-state index contributed by atoms with van der Waals surface area (Å²) >= 11 is 0. The van der Waals surface area contributed by atoms with Crippen molar-refractivity contribution < 1.29 is 53.9 Å². The summed E-state index contributed by atoms with van der Waals surface area (Å²) in [6, 6.07) is 14.5. The Balaban J connectivity index is 1.71. The molecule has 0 aromatic heterocycles. The summed E-state index contributed by atoms with van der Waals surface area (Å²) in [5, 5.41) is 54.5. The number of nitro groups is 1. The van der Waals surface area contributed by atoms with Crippen molar-refractivity contribution in [2.45, 2.75) is 94.7 Å². The number of rotatable bonds is 26. The number of nitrogens with zero attached hydrogens (tertiary/aromatic N) is 1. The highest BCUT2D eigenvalue weighted by molar-refractivity contribution is 5.96. The third-order valence-electron chi connectivity index (χ3n) is 9.60. The minimum absolute atomic E-state index is 0.0295. The molecule has 3 aromatic rings. The molecule has 0 fully saturated rings. The van der Waals surface area contributed by atoms with E-state index in [1.807, 2.05) is 5.43 Å². The number of aliphatic carboxylic acids is 1. The van der Waals surface area contributed by atoms with Crippen LogP contribution in [0.4, 0.5) is 0 Å². The first-order valence-corrected chi connectivity index (χ1v) is 20.1. The maximum Gasteiger partial charge on any atom is 0.326 e. The van der Waals surface area contributed by atoms with Crippen molar-refractivity contribution in [3.63, 3.8) is 0 Å². The van der Waals surface area contributed by atoms with Gasteiger partial charge >= 0.3 is 5.97 Å². The molecule has 0 aliphatic carbocycles. The predicted molar refractivity (Wildman–Crippen MR) is 227 cm³/mol. The van der Waals surface area contributed by atoms with Crippen LogP contribution >= 0.6 is 0 Å². The van der Waals surface area contributed by atoms with Crippen molar-refractivity contribution in [2.75, 3.05) is 13.1 Å². The fourth-order valence-corrected chi connectivity index (χ4v) is 6.19. The molecular weight excluding hydrogens is 823 g/mol. The van der Waals surface area contributed by atoms with E-state index in [-0.39, 0.29) is 31.4 Å². The molecule has 0 saturated carbocycles. The van der Waals surface area contributed by atoms with E-state index in [2.05, 4.69) is 31.9 Å². The third kappa shape index (κ3) is 17.8. The molecule has 63 heavy (non-hydrogen) atoms. The van der Waals surface area contributed by atoms with Gasteiger partial charge in [0.05, 0.1) is 12.6 Å². The van der Waals surface area contributed by atoms with E-state index in [1.54, 1.807) is 60.7 Å². The molecule has 0 bridgehead atoms. The first-order chi connectivity index (χ1) is 30.0. The average molecular weight is 878 g/mol. The first-order valence-electron chi connectivity index (χ1n) is 20.1. The van der Waals surface area contributed by atoms with Gasteiger partial charge in [-0.1, -0.05) is 72.8 Å². The molecule has 21 nitrogen and oxygen atoms in total. The molecule has 21 heteroatoms. The van der Waals surface area contributed by atoms with Crippen LogP contribution in [0.1, 0.15) is 49.8 Å². The van der Waals surface area contributed by atoms with Crippen molar-refractivity contribution in [3.05, 3.63) is 112 Å². The number of amides is 6. The first kappa shape index (κ1) is 50.2. The van der Waals surface area contributed by atoms with Crippen LogP contribution in [-0.2, 0) is 52.8 Å². The SMILES string of the molecule is C[C@H](NC(=O)[C@@H](NC(=O)CNC(=O)[C@H](Cc1ccc(O)cc1)N[N+](=O)[O-])[C@@H](C)O)C(=O)N[C@@H](Cc1ccccc1)C(=O)N[C@@H](Cc1ccccc1)C(=O)N[C@@H](CCCCN)C(=O)O. The second-order valence-electron chi connectivity index (χ2n) is 14.7. The van der Waals surface area contributed by atoms with Gasteiger partial charge in [0.1, 0.15) is 36.0 Å². The fraction of sp³-hybridized carbons (Fsp3) is 0.405. The second kappa shape index (κ2) is 25.6. The Kier molecular flexibility index (Phi) is 20.4. The Morgan fingerprint density at radius 1 is 0.635 bits per heavy atom.